The fraction of sp³-hybridized carbons (Fsp3) is 0.667. The maximum atomic E-state index is 13.4. The minimum atomic E-state index is -0.608. The lowest BCUT2D eigenvalue weighted by Gasteiger charge is -2.08. The second kappa shape index (κ2) is 16.0. The summed E-state index contributed by atoms with van der Waals surface area (Å²) in [7, 11) is 1.63. The summed E-state index contributed by atoms with van der Waals surface area (Å²) in [5.74, 6) is -1.21. The molecule has 0 aliphatic carbocycles. The Kier molecular flexibility index (Phi) is 14.1. The SMILES string of the molecule is COCCOCCOCCOCCOCCOCc1ccc(F)cc1F. The highest BCUT2D eigenvalue weighted by atomic mass is 19.1. The fourth-order valence-electron chi connectivity index (χ4n) is 1.84. The van der Waals surface area contributed by atoms with E-state index < -0.39 is 11.6 Å². The molecule has 0 spiro atoms. The van der Waals surface area contributed by atoms with Crippen LogP contribution in [-0.2, 0) is 35.0 Å². The summed E-state index contributed by atoms with van der Waals surface area (Å²) in [6.07, 6.45) is 0. The molecule has 0 saturated carbocycles. The molecule has 0 fully saturated rings. The van der Waals surface area contributed by atoms with Crippen molar-refractivity contribution in [3.05, 3.63) is 35.4 Å². The molecule has 1 rings (SSSR count). The van der Waals surface area contributed by atoms with Crippen molar-refractivity contribution in [3.63, 3.8) is 0 Å². The topological polar surface area (TPSA) is 55.4 Å². The van der Waals surface area contributed by atoms with E-state index >= 15 is 0 Å². The Bertz CT molecular complexity index is 461. The van der Waals surface area contributed by atoms with Crippen molar-refractivity contribution in [1.29, 1.82) is 0 Å². The molecule has 1 aromatic rings. The van der Waals surface area contributed by atoms with E-state index in [4.69, 9.17) is 28.4 Å². The van der Waals surface area contributed by atoms with Crippen LogP contribution in [0.5, 0.6) is 0 Å². The van der Waals surface area contributed by atoms with Crippen LogP contribution in [0.2, 0.25) is 0 Å². The molecule has 0 heterocycles. The molecule has 1 aromatic carbocycles. The standard InChI is InChI=1S/C18H28F2O6/c1-21-4-5-22-6-7-23-8-9-24-10-11-25-12-13-26-15-16-2-3-17(19)14-18(16)20/h2-3,14H,4-13,15H2,1H3. The minimum Gasteiger partial charge on any atom is -0.382 e. The highest BCUT2D eigenvalue weighted by Crippen LogP contribution is 2.10. The summed E-state index contributed by atoms with van der Waals surface area (Å²) in [5, 5.41) is 0. The maximum Gasteiger partial charge on any atom is 0.131 e. The lowest BCUT2D eigenvalue weighted by Crippen LogP contribution is -2.13. The number of hydrogen-bond donors (Lipinski definition) is 0. The molecule has 0 amide bonds. The first-order chi connectivity index (χ1) is 12.7. The van der Waals surface area contributed by atoms with Crippen LogP contribution in [0.1, 0.15) is 5.56 Å². The normalized spacial score (nSPS) is 11.2. The van der Waals surface area contributed by atoms with E-state index in [0.29, 0.717) is 71.6 Å². The summed E-state index contributed by atoms with van der Waals surface area (Å²) in [6.45, 7) is 4.87. The number of halogens is 2. The van der Waals surface area contributed by atoms with Crippen LogP contribution < -0.4 is 0 Å². The van der Waals surface area contributed by atoms with Gasteiger partial charge in [-0.2, -0.15) is 0 Å². The number of ether oxygens (including phenoxy) is 6. The molecule has 0 saturated heterocycles. The first-order valence-corrected chi connectivity index (χ1v) is 8.55. The summed E-state index contributed by atoms with van der Waals surface area (Å²) in [5.41, 5.74) is 0.318. The molecule has 0 aliphatic rings. The van der Waals surface area contributed by atoms with Gasteiger partial charge in [-0.15, -0.1) is 0 Å². The summed E-state index contributed by atoms with van der Waals surface area (Å²) in [4.78, 5) is 0. The summed E-state index contributed by atoms with van der Waals surface area (Å²) in [6, 6.07) is 3.41. The van der Waals surface area contributed by atoms with Crippen molar-refractivity contribution in [3.8, 4) is 0 Å². The predicted molar refractivity (Wildman–Crippen MR) is 91.2 cm³/mol. The van der Waals surface area contributed by atoms with Crippen molar-refractivity contribution in [2.75, 3.05) is 73.2 Å². The fourth-order valence-corrected chi connectivity index (χ4v) is 1.84. The van der Waals surface area contributed by atoms with Crippen LogP contribution in [0, 0.1) is 11.6 Å². The van der Waals surface area contributed by atoms with Gasteiger partial charge in [-0.25, -0.2) is 8.78 Å². The molecule has 0 N–H and O–H groups in total. The van der Waals surface area contributed by atoms with Gasteiger partial charge in [0.15, 0.2) is 0 Å². The van der Waals surface area contributed by atoms with Gasteiger partial charge in [0.05, 0.1) is 72.7 Å². The third-order valence-electron chi connectivity index (χ3n) is 3.19. The van der Waals surface area contributed by atoms with Crippen LogP contribution in [0.3, 0.4) is 0 Å². The smallest absolute Gasteiger partial charge is 0.131 e. The second-order valence-corrected chi connectivity index (χ2v) is 5.23. The molecule has 0 aliphatic heterocycles. The van der Waals surface area contributed by atoms with Crippen LogP contribution in [0.4, 0.5) is 8.78 Å². The quantitative estimate of drug-likeness (QED) is 0.388. The zero-order valence-electron chi connectivity index (χ0n) is 15.2. The van der Waals surface area contributed by atoms with Crippen molar-refractivity contribution in [2.24, 2.45) is 0 Å². The van der Waals surface area contributed by atoms with E-state index in [1.165, 1.54) is 12.1 Å². The average molecular weight is 378 g/mol. The Morgan fingerprint density at radius 3 is 1.58 bits per heavy atom. The van der Waals surface area contributed by atoms with Gasteiger partial charge < -0.3 is 28.4 Å². The number of benzene rings is 1. The van der Waals surface area contributed by atoms with E-state index in [0.717, 1.165) is 6.07 Å². The first kappa shape index (κ1) is 22.9. The molecule has 150 valence electrons. The Morgan fingerprint density at radius 1 is 0.654 bits per heavy atom. The second-order valence-electron chi connectivity index (χ2n) is 5.23. The van der Waals surface area contributed by atoms with Crippen molar-refractivity contribution >= 4 is 0 Å². The van der Waals surface area contributed by atoms with E-state index in [2.05, 4.69) is 0 Å². The van der Waals surface area contributed by atoms with Crippen LogP contribution in [0.15, 0.2) is 18.2 Å². The molecule has 0 bridgehead atoms. The van der Waals surface area contributed by atoms with Crippen molar-refractivity contribution in [1.82, 2.24) is 0 Å². The molecule has 6 nitrogen and oxygen atoms in total. The predicted octanol–water partition coefficient (Wildman–Crippen LogP) is 2.19. The lowest BCUT2D eigenvalue weighted by molar-refractivity contribution is -0.0159. The van der Waals surface area contributed by atoms with Crippen molar-refractivity contribution < 1.29 is 37.2 Å². The number of rotatable bonds is 17. The van der Waals surface area contributed by atoms with Gasteiger partial charge in [0.2, 0.25) is 0 Å². The Balaban J connectivity index is 1.79. The molecule has 0 atom stereocenters. The number of hydrogen-bond acceptors (Lipinski definition) is 6. The van der Waals surface area contributed by atoms with Gasteiger partial charge in [-0.3, -0.25) is 0 Å². The van der Waals surface area contributed by atoms with Gasteiger partial charge >= 0.3 is 0 Å². The third kappa shape index (κ3) is 12.2. The largest absolute Gasteiger partial charge is 0.382 e. The zero-order valence-corrected chi connectivity index (χ0v) is 15.2. The Hall–Kier alpha value is -1.16. The molecule has 8 heteroatoms. The third-order valence-corrected chi connectivity index (χ3v) is 3.19. The molecule has 0 radical (unpaired) electrons. The van der Waals surface area contributed by atoms with Gasteiger partial charge in [0.1, 0.15) is 11.6 Å². The first-order valence-electron chi connectivity index (χ1n) is 8.55. The monoisotopic (exact) mass is 378 g/mol. The maximum absolute atomic E-state index is 13.4. The van der Waals surface area contributed by atoms with E-state index in [-0.39, 0.29) is 6.61 Å². The Labute approximate surface area is 153 Å². The van der Waals surface area contributed by atoms with Gasteiger partial charge in [0, 0.05) is 18.7 Å². The highest BCUT2D eigenvalue weighted by Gasteiger charge is 2.03. The van der Waals surface area contributed by atoms with Crippen LogP contribution in [-0.4, -0.2) is 73.2 Å². The molecular weight excluding hydrogens is 350 g/mol. The van der Waals surface area contributed by atoms with Crippen LogP contribution in [0.25, 0.3) is 0 Å². The highest BCUT2D eigenvalue weighted by molar-refractivity contribution is 5.17. The lowest BCUT2D eigenvalue weighted by atomic mass is 10.2. The van der Waals surface area contributed by atoms with Crippen molar-refractivity contribution in [2.45, 2.75) is 6.61 Å². The summed E-state index contributed by atoms with van der Waals surface area (Å²) >= 11 is 0. The Morgan fingerprint density at radius 2 is 1.12 bits per heavy atom. The average Bonchev–Trinajstić information content (AvgIpc) is 2.63. The van der Waals surface area contributed by atoms with Gasteiger partial charge in [-0.1, -0.05) is 6.07 Å². The van der Waals surface area contributed by atoms with Gasteiger partial charge in [0.25, 0.3) is 0 Å². The molecule has 0 unspecified atom stereocenters. The minimum absolute atomic E-state index is 0.0818. The zero-order chi connectivity index (χ0) is 18.9. The van der Waals surface area contributed by atoms with Crippen LogP contribution >= 0.6 is 0 Å². The van der Waals surface area contributed by atoms with E-state index in [1.807, 2.05) is 0 Å². The molecular formula is C18H28F2O6. The van der Waals surface area contributed by atoms with Gasteiger partial charge in [-0.05, 0) is 6.07 Å². The number of methoxy groups -OCH3 is 1. The summed E-state index contributed by atoms with van der Waals surface area (Å²) < 4.78 is 57.5. The molecule has 26 heavy (non-hydrogen) atoms. The van der Waals surface area contributed by atoms with E-state index in [9.17, 15) is 8.78 Å². The van der Waals surface area contributed by atoms with E-state index in [1.54, 1.807) is 7.11 Å². The molecule has 0 aromatic heterocycles.